The van der Waals surface area contributed by atoms with Crippen molar-refractivity contribution in [3.05, 3.63) is 34.5 Å². The summed E-state index contributed by atoms with van der Waals surface area (Å²) >= 11 is 0. The van der Waals surface area contributed by atoms with Crippen LogP contribution >= 0.6 is 0 Å². The van der Waals surface area contributed by atoms with Crippen LogP contribution in [0.2, 0.25) is 0 Å². The van der Waals surface area contributed by atoms with Crippen molar-refractivity contribution in [2.45, 2.75) is 34.1 Å². The van der Waals surface area contributed by atoms with Crippen LogP contribution in [-0.4, -0.2) is 22.8 Å². The molecule has 0 saturated heterocycles. The first-order chi connectivity index (χ1) is 10.0. The Kier molecular flexibility index (Phi) is 4.57. The highest BCUT2D eigenvalue weighted by Gasteiger charge is 2.13. The highest BCUT2D eigenvalue weighted by molar-refractivity contribution is 5.91. The molecule has 1 aromatic heterocycles. The van der Waals surface area contributed by atoms with Crippen LogP contribution in [0.3, 0.4) is 0 Å². The fourth-order valence-corrected chi connectivity index (χ4v) is 2.23. The number of aryl methyl sites for hydroxylation is 4. The molecular weight excluding hydrogens is 270 g/mol. The van der Waals surface area contributed by atoms with Gasteiger partial charge in [-0.1, -0.05) is 29.8 Å². The van der Waals surface area contributed by atoms with Crippen molar-refractivity contribution in [1.82, 2.24) is 10.3 Å². The van der Waals surface area contributed by atoms with Gasteiger partial charge in [-0.2, -0.15) is 0 Å². The monoisotopic (exact) mass is 289 g/mol. The van der Waals surface area contributed by atoms with Crippen LogP contribution in [0.5, 0.6) is 5.75 Å². The smallest absolute Gasteiger partial charge is 0.263 e. The molecule has 0 saturated carbocycles. The third kappa shape index (κ3) is 3.59. The molecule has 2 rings (SSSR count). The van der Waals surface area contributed by atoms with Crippen molar-refractivity contribution in [1.29, 1.82) is 0 Å². The topological polar surface area (TPSA) is 77.3 Å². The van der Waals surface area contributed by atoms with Gasteiger partial charge in [0.15, 0.2) is 6.61 Å². The molecule has 0 aliphatic carbocycles. The van der Waals surface area contributed by atoms with Gasteiger partial charge in [-0.25, -0.2) is 4.63 Å². The molecule has 2 aromatic rings. The number of carbonyl (C=O) groups is 1. The number of aromatic nitrogens is 2. The number of nitrogens with zero attached hydrogens (tertiary/aromatic N) is 2. The Morgan fingerprint density at radius 2 is 1.90 bits per heavy atom. The van der Waals surface area contributed by atoms with Crippen LogP contribution in [0.25, 0.3) is 0 Å². The van der Waals surface area contributed by atoms with Gasteiger partial charge < -0.3 is 10.1 Å². The second kappa shape index (κ2) is 6.39. The summed E-state index contributed by atoms with van der Waals surface area (Å²) in [4.78, 5) is 11.9. The number of amides is 1. The van der Waals surface area contributed by atoms with E-state index < -0.39 is 0 Å². The number of anilines is 1. The lowest BCUT2D eigenvalue weighted by Crippen LogP contribution is -2.21. The third-order valence-corrected chi connectivity index (χ3v) is 3.10. The van der Waals surface area contributed by atoms with E-state index in [-0.39, 0.29) is 12.5 Å². The van der Waals surface area contributed by atoms with Crippen molar-refractivity contribution >= 4 is 11.7 Å². The number of hydrogen-bond donors (Lipinski definition) is 1. The van der Waals surface area contributed by atoms with E-state index in [0.717, 1.165) is 16.9 Å². The molecule has 0 aliphatic rings. The first kappa shape index (κ1) is 15.0. The van der Waals surface area contributed by atoms with Crippen molar-refractivity contribution in [2.24, 2.45) is 0 Å². The van der Waals surface area contributed by atoms with E-state index in [4.69, 9.17) is 4.74 Å². The largest absolute Gasteiger partial charge is 0.483 e. The zero-order chi connectivity index (χ0) is 15.4. The summed E-state index contributed by atoms with van der Waals surface area (Å²) in [6, 6.07) is 4.05. The highest BCUT2D eigenvalue weighted by Crippen LogP contribution is 2.24. The summed E-state index contributed by atoms with van der Waals surface area (Å²) in [5.74, 6) is 0.799. The van der Waals surface area contributed by atoms with Crippen LogP contribution < -0.4 is 10.1 Å². The third-order valence-electron chi connectivity index (χ3n) is 3.10. The number of ether oxygens (including phenoxy) is 1. The first-order valence-electron chi connectivity index (χ1n) is 6.83. The molecular formula is C15H19N3O3. The van der Waals surface area contributed by atoms with Crippen LogP contribution in [0.4, 0.5) is 5.82 Å². The minimum atomic E-state index is -0.292. The standard InChI is InChI=1S/C15H19N3O3/c1-5-12-15(18-21-17-12)16-13(19)8-20-14-10(3)6-9(2)7-11(14)4/h6-7H,5,8H2,1-4H3,(H,16,18,19). The Morgan fingerprint density at radius 1 is 1.24 bits per heavy atom. The number of carbonyl (C=O) groups excluding carboxylic acids is 1. The summed E-state index contributed by atoms with van der Waals surface area (Å²) in [5.41, 5.74) is 3.81. The fourth-order valence-electron chi connectivity index (χ4n) is 2.23. The van der Waals surface area contributed by atoms with Gasteiger partial charge in [0.05, 0.1) is 0 Å². The van der Waals surface area contributed by atoms with Crippen molar-refractivity contribution in [3.63, 3.8) is 0 Å². The average Bonchev–Trinajstić information content (AvgIpc) is 2.84. The van der Waals surface area contributed by atoms with Crippen LogP contribution in [0.15, 0.2) is 16.8 Å². The molecule has 0 aliphatic heterocycles. The van der Waals surface area contributed by atoms with E-state index in [1.807, 2.05) is 39.8 Å². The van der Waals surface area contributed by atoms with Gasteiger partial charge in [-0.15, -0.1) is 0 Å². The van der Waals surface area contributed by atoms with Crippen LogP contribution in [-0.2, 0) is 11.2 Å². The minimum absolute atomic E-state index is 0.0826. The Morgan fingerprint density at radius 3 is 2.52 bits per heavy atom. The van der Waals surface area contributed by atoms with E-state index in [0.29, 0.717) is 17.9 Å². The predicted molar refractivity (Wildman–Crippen MR) is 78.5 cm³/mol. The van der Waals surface area contributed by atoms with Gasteiger partial charge in [-0.05, 0) is 43.5 Å². The number of nitrogens with one attached hydrogen (secondary N) is 1. The van der Waals surface area contributed by atoms with Gasteiger partial charge in [0.2, 0.25) is 5.82 Å². The summed E-state index contributed by atoms with van der Waals surface area (Å²) in [5, 5.41) is 9.99. The molecule has 0 bridgehead atoms. The van der Waals surface area contributed by atoms with E-state index in [2.05, 4.69) is 20.3 Å². The first-order valence-corrected chi connectivity index (χ1v) is 6.83. The normalized spacial score (nSPS) is 10.5. The summed E-state index contributed by atoms with van der Waals surface area (Å²) in [6.45, 7) is 7.78. The second-order valence-electron chi connectivity index (χ2n) is 4.98. The second-order valence-corrected chi connectivity index (χ2v) is 4.98. The molecule has 6 heteroatoms. The lowest BCUT2D eigenvalue weighted by Gasteiger charge is -2.12. The van der Waals surface area contributed by atoms with Gasteiger partial charge in [0, 0.05) is 0 Å². The summed E-state index contributed by atoms with van der Waals surface area (Å²) in [6.07, 6.45) is 0.635. The van der Waals surface area contributed by atoms with Gasteiger partial charge in [0.25, 0.3) is 5.91 Å². The van der Waals surface area contributed by atoms with Gasteiger partial charge in [0.1, 0.15) is 11.4 Å². The molecule has 0 atom stereocenters. The Balaban J connectivity index is 1.99. The fraction of sp³-hybridized carbons (Fsp3) is 0.400. The molecule has 0 fully saturated rings. The highest BCUT2D eigenvalue weighted by atomic mass is 16.6. The quantitative estimate of drug-likeness (QED) is 0.915. The number of hydrogen-bond acceptors (Lipinski definition) is 5. The molecule has 1 aromatic carbocycles. The lowest BCUT2D eigenvalue weighted by atomic mass is 10.1. The molecule has 112 valence electrons. The zero-order valence-corrected chi connectivity index (χ0v) is 12.7. The van der Waals surface area contributed by atoms with Crippen molar-refractivity contribution in [3.8, 4) is 5.75 Å². The summed E-state index contributed by atoms with van der Waals surface area (Å²) in [7, 11) is 0. The van der Waals surface area contributed by atoms with Gasteiger partial charge >= 0.3 is 0 Å². The summed E-state index contributed by atoms with van der Waals surface area (Å²) < 4.78 is 10.2. The molecule has 1 heterocycles. The molecule has 1 N–H and O–H groups in total. The molecule has 1 amide bonds. The lowest BCUT2D eigenvalue weighted by molar-refractivity contribution is -0.118. The van der Waals surface area contributed by atoms with E-state index in [1.54, 1.807) is 0 Å². The molecule has 6 nitrogen and oxygen atoms in total. The maximum absolute atomic E-state index is 11.9. The molecule has 0 radical (unpaired) electrons. The van der Waals surface area contributed by atoms with Crippen molar-refractivity contribution < 1.29 is 14.2 Å². The molecule has 0 spiro atoms. The van der Waals surface area contributed by atoms with E-state index in [9.17, 15) is 4.79 Å². The van der Waals surface area contributed by atoms with E-state index >= 15 is 0 Å². The van der Waals surface area contributed by atoms with Crippen LogP contribution in [0, 0.1) is 20.8 Å². The Labute approximate surface area is 123 Å². The number of benzene rings is 1. The van der Waals surface area contributed by atoms with Crippen molar-refractivity contribution in [2.75, 3.05) is 11.9 Å². The minimum Gasteiger partial charge on any atom is -0.483 e. The number of rotatable bonds is 5. The maximum Gasteiger partial charge on any atom is 0.263 e. The van der Waals surface area contributed by atoms with Gasteiger partial charge in [-0.3, -0.25) is 4.79 Å². The zero-order valence-electron chi connectivity index (χ0n) is 12.7. The van der Waals surface area contributed by atoms with E-state index in [1.165, 1.54) is 5.56 Å². The predicted octanol–water partition coefficient (Wildman–Crippen LogP) is 2.57. The Bertz CT molecular complexity index is 626. The van der Waals surface area contributed by atoms with Crippen LogP contribution in [0.1, 0.15) is 29.3 Å². The molecule has 0 unspecified atom stereocenters. The molecule has 21 heavy (non-hydrogen) atoms. The SMILES string of the molecule is CCc1nonc1NC(=O)COc1c(C)cc(C)cc1C. The Hall–Kier alpha value is -2.37. The average molecular weight is 289 g/mol. The maximum atomic E-state index is 11.9.